The summed E-state index contributed by atoms with van der Waals surface area (Å²) in [5, 5.41) is 0. The van der Waals surface area contributed by atoms with Gasteiger partial charge in [0.05, 0.1) is 6.61 Å². The topological polar surface area (TPSA) is 26.3 Å². The van der Waals surface area contributed by atoms with Crippen molar-refractivity contribution in [2.24, 2.45) is 0 Å². The molecule has 0 amide bonds. The zero-order valence-electron chi connectivity index (χ0n) is 4.88. The second-order valence-electron chi connectivity index (χ2n) is 1.28. The minimum atomic E-state index is -4.27. The molecule has 2 nitrogen and oxygen atoms in total. The minimum Gasteiger partial charge on any atom is -0.290 e. The van der Waals surface area contributed by atoms with E-state index in [2.05, 4.69) is 15.8 Å². The van der Waals surface area contributed by atoms with Gasteiger partial charge in [-0.1, -0.05) is 12.2 Å². The van der Waals surface area contributed by atoms with Gasteiger partial charge in [-0.2, -0.15) is 0 Å². The molecule has 0 saturated heterocycles. The van der Waals surface area contributed by atoms with Crippen molar-refractivity contribution in [2.75, 3.05) is 6.61 Å². The van der Waals surface area contributed by atoms with Crippen molar-refractivity contribution in [1.82, 2.24) is 0 Å². The van der Waals surface area contributed by atoms with Crippen molar-refractivity contribution in [3.8, 4) is 0 Å². The van der Waals surface area contributed by atoms with Gasteiger partial charge in [-0.3, -0.25) is 4.52 Å². The Labute approximate surface area is 58.0 Å². The first-order valence-corrected chi connectivity index (χ1v) is 4.73. The minimum absolute atomic E-state index is 0.0478. The number of hydrogen-bond donors (Lipinski definition) is 0. The Hall–Kier alpha value is 0.150. The first kappa shape index (κ1) is 9.15. The van der Waals surface area contributed by atoms with Crippen LogP contribution in [0.25, 0.3) is 0 Å². The average molecular weight is 173 g/mol. The summed E-state index contributed by atoms with van der Waals surface area (Å²) in [4.78, 5) is 0. The third-order valence-corrected chi connectivity index (χ3v) is 1.30. The van der Waals surface area contributed by atoms with Crippen LogP contribution in [0.1, 0.15) is 6.92 Å². The summed E-state index contributed by atoms with van der Waals surface area (Å²) in [6, 6.07) is 0. The van der Waals surface area contributed by atoms with Gasteiger partial charge >= 0.3 is 7.03 Å². The maximum Gasteiger partial charge on any atom is 0.461 e. The molecule has 1 atom stereocenters. The van der Waals surface area contributed by atoms with Crippen LogP contribution in [-0.2, 0) is 9.09 Å². The molecule has 54 valence electrons. The fourth-order valence-corrected chi connectivity index (χ4v) is 0.655. The van der Waals surface area contributed by atoms with E-state index >= 15 is 0 Å². The normalized spacial score (nSPS) is 18.1. The van der Waals surface area contributed by atoms with Crippen molar-refractivity contribution in [2.45, 2.75) is 6.92 Å². The van der Waals surface area contributed by atoms with Crippen LogP contribution in [0.4, 0.5) is 4.20 Å². The SMILES string of the molecule is CC=CCOP(=O)(F)Cl. The van der Waals surface area contributed by atoms with E-state index in [0.717, 1.165) is 0 Å². The largest absolute Gasteiger partial charge is 0.461 e. The van der Waals surface area contributed by atoms with E-state index in [0.29, 0.717) is 0 Å². The number of rotatable bonds is 3. The molecule has 0 rings (SSSR count). The van der Waals surface area contributed by atoms with E-state index < -0.39 is 7.03 Å². The molecule has 0 aliphatic heterocycles. The van der Waals surface area contributed by atoms with Gasteiger partial charge in [0.2, 0.25) is 0 Å². The first-order chi connectivity index (χ1) is 4.06. The fraction of sp³-hybridized carbons (Fsp3) is 0.500. The maximum atomic E-state index is 11.8. The molecule has 1 unspecified atom stereocenters. The van der Waals surface area contributed by atoms with Gasteiger partial charge in [0, 0.05) is 11.2 Å². The number of halogens is 2. The Morgan fingerprint density at radius 3 is 2.78 bits per heavy atom. The van der Waals surface area contributed by atoms with Crippen LogP contribution in [0, 0.1) is 0 Å². The van der Waals surface area contributed by atoms with Crippen molar-refractivity contribution >= 4 is 18.3 Å². The molecule has 0 aliphatic carbocycles. The van der Waals surface area contributed by atoms with Gasteiger partial charge in [-0.25, -0.2) is 4.57 Å². The van der Waals surface area contributed by atoms with E-state index in [-0.39, 0.29) is 6.61 Å². The lowest BCUT2D eigenvalue weighted by atomic mass is 10.6. The third kappa shape index (κ3) is 8.15. The van der Waals surface area contributed by atoms with E-state index in [1.165, 1.54) is 6.08 Å². The quantitative estimate of drug-likeness (QED) is 0.483. The average Bonchev–Trinajstić information content (AvgIpc) is 1.63. The molecule has 0 bridgehead atoms. The molecule has 0 radical (unpaired) electrons. The smallest absolute Gasteiger partial charge is 0.290 e. The molecule has 0 aromatic heterocycles. The van der Waals surface area contributed by atoms with Crippen molar-refractivity contribution in [3.63, 3.8) is 0 Å². The fourth-order valence-electron chi connectivity index (χ4n) is 0.226. The Morgan fingerprint density at radius 2 is 2.44 bits per heavy atom. The highest BCUT2D eigenvalue weighted by Crippen LogP contribution is 2.53. The highest BCUT2D eigenvalue weighted by Gasteiger charge is 2.14. The lowest BCUT2D eigenvalue weighted by Crippen LogP contribution is -1.79. The molecule has 0 aromatic carbocycles. The summed E-state index contributed by atoms with van der Waals surface area (Å²) in [7, 11) is -4.27. The van der Waals surface area contributed by atoms with Crippen LogP contribution in [0.2, 0.25) is 0 Å². The Kier molecular flexibility index (Phi) is 4.11. The van der Waals surface area contributed by atoms with Crippen LogP contribution < -0.4 is 0 Å². The van der Waals surface area contributed by atoms with Crippen LogP contribution in [0.15, 0.2) is 12.2 Å². The summed E-state index contributed by atoms with van der Waals surface area (Å²) < 4.78 is 25.7. The highest BCUT2D eigenvalue weighted by atomic mass is 35.7. The molecule has 0 aliphatic rings. The Bertz CT molecular complexity index is 142. The maximum absolute atomic E-state index is 11.8. The molecule has 9 heavy (non-hydrogen) atoms. The van der Waals surface area contributed by atoms with Gasteiger partial charge in [-0.05, 0) is 6.92 Å². The number of allylic oxidation sites excluding steroid dienone is 1. The van der Waals surface area contributed by atoms with Crippen LogP contribution in [-0.4, -0.2) is 6.61 Å². The van der Waals surface area contributed by atoms with Crippen molar-refractivity contribution in [3.05, 3.63) is 12.2 Å². The summed E-state index contributed by atoms with van der Waals surface area (Å²) in [6.07, 6.45) is 3.15. The van der Waals surface area contributed by atoms with E-state index in [4.69, 9.17) is 0 Å². The summed E-state index contributed by atoms with van der Waals surface area (Å²) >= 11 is 4.60. The predicted octanol–water partition coefficient (Wildman–Crippen LogP) is 2.90. The molecule has 0 N–H and O–H groups in total. The molecule has 0 spiro atoms. The van der Waals surface area contributed by atoms with Crippen molar-refractivity contribution in [1.29, 1.82) is 0 Å². The molecule has 0 saturated carbocycles. The van der Waals surface area contributed by atoms with Crippen molar-refractivity contribution < 1.29 is 13.3 Å². The standard InChI is InChI=1S/C4H7ClFO2P/c1-2-3-4-8-9(5,6)7/h2-3H,4H2,1H3. The summed E-state index contributed by atoms with van der Waals surface area (Å²) in [6.45, 7) is 1.69. The first-order valence-electron chi connectivity index (χ1n) is 2.31. The van der Waals surface area contributed by atoms with Gasteiger partial charge in [0.15, 0.2) is 0 Å². The third-order valence-electron chi connectivity index (χ3n) is 0.557. The lowest BCUT2D eigenvalue weighted by molar-refractivity contribution is 0.336. The summed E-state index contributed by atoms with van der Waals surface area (Å²) in [5.74, 6) is 0. The zero-order chi connectivity index (χ0) is 7.33. The van der Waals surface area contributed by atoms with E-state index in [1.54, 1.807) is 13.0 Å². The second-order valence-corrected chi connectivity index (χ2v) is 3.58. The molecule has 5 heteroatoms. The van der Waals surface area contributed by atoms with Gasteiger partial charge < -0.3 is 0 Å². The Morgan fingerprint density at radius 1 is 1.89 bits per heavy atom. The van der Waals surface area contributed by atoms with E-state index in [1.807, 2.05) is 0 Å². The second kappa shape index (κ2) is 4.04. The molecule has 0 heterocycles. The van der Waals surface area contributed by atoms with E-state index in [9.17, 15) is 8.76 Å². The highest BCUT2D eigenvalue weighted by molar-refractivity contribution is 7.81. The molecule has 0 aromatic rings. The van der Waals surface area contributed by atoms with Gasteiger partial charge in [0.1, 0.15) is 0 Å². The monoisotopic (exact) mass is 172 g/mol. The van der Waals surface area contributed by atoms with Crippen LogP contribution >= 0.6 is 18.3 Å². The predicted molar refractivity (Wildman–Crippen MR) is 35.3 cm³/mol. The van der Waals surface area contributed by atoms with Crippen LogP contribution in [0.3, 0.4) is 0 Å². The molecular weight excluding hydrogens is 165 g/mol. The zero-order valence-corrected chi connectivity index (χ0v) is 6.53. The molecular formula is C4H7ClFO2P. The van der Waals surface area contributed by atoms with Gasteiger partial charge in [0.25, 0.3) is 0 Å². The van der Waals surface area contributed by atoms with Crippen LogP contribution in [0.5, 0.6) is 0 Å². The lowest BCUT2D eigenvalue weighted by Gasteiger charge is -1.95. The van der Waals surface area contributed by atoms with Gasteiger partial charge in [-0.15, -0.1) is 4.20 Å². The number of hydrogen-bond acceptors (Lipinski definition) is 2. The summed E-state index contributed by atoms with van der Waals surface area (Å²) in [5.41, 5.74) is 0. The Balaban J connectivity index is 3.40. The molecule has 0 fully saturated rings.